The molecule has 188 valence electrons. The molecule has 1 aliphatic heterocycles. The van der Waals surface area contributed by atoms with E-state index in [1.54, 1.807) is 6.33 Å². The number of guanidine groups is 1. The number of carbonyl (C=O) groups is 1. The maximum atomic E-state index is 12.1. The molecular weight excluding hydrogens is 531 g/mol. The zero-order valence-corrected chi connectivity index (χ0v) is 23.0. The summed E-state index contributed by atoms with van der Waals surface area (Å²) in [5.41, 5.74) is 0. The smallest absolute Gasteiger partial charge is 0.234 e. The third kappa shape index (κ3) is 9.38. The first-order valence-electron chi connectivity index (χ1n) is 12.5. The number of amides is 1. The van der Waals surface area contributed by atoms with Crippen molar-refractivity contribution in [3.05, 3.63) is 12.2 Å². The van der Waals surface area contributed by atoms with E-state index >= 15 is 0 Å². The number of hydrogen-bond acceptors (Lipinski definition) is 5. The quantitative estimate of drug-likeness (QED) is 0.267. The summed E-state index contributed by atoms with van der Waals surface area (Å²) in [6, 6.07) is 0.186. The van der Waals surface area contributed by atoms with Crippen molar-refractivity contribution in [1.29, 1.82) is 0 Å². The number of aryl methyl sites for hydroxylation is 1. The van der Waals surface area contributed by atoms with Gasteiger partial charge in [0.15, 0.2) is 5.96 Å². The normalized spacial score (nSPS) is 18.3. The van der Waals surface area contributed by atoms with Crippen LogP contribution in [0.4, 0.5) is 0 Å². The maximum absolute atomic E-state index is 12.1. The summed E-state index contributed by atoms with van der Waals surface area (Å²) in [5, 5.41) is 14.8. The van der Waals surface area contributed by atoms with Gasteiger partial charge in [0.25, 0.3) is 0 Å². The van der Waals surface area contributed by atoms with Crippen LogP contribution in [-0.4, -0.2) is 88.3 Å². The predicted molar refractivity (Wildman–Crippen MR) is 143 cm³/mol. The van der Waals surface area contributed by atoms with Crippen LogP contribution in [0.1, 0.15) is 58.7 Å². The first-order valence-corrected chi connectivity index (χ1v) is 12.5. The number of rotatable bonds is 9. The highest BCUT2D eigenvalue weighted by atomic mass is 127. The number of nitrogens with one attached hydrogen (secondary N) is 2. The van der Waals surface area contributed by atoms with Gasteiger partial charge in [0.05, 0.1) is 6.54 Å². The molecule has 1 aromatic rings. The van der Waals surface area contributed by atoms with Crippen LogP contribution in [0, 0.1) is 5.92 Å². The lowest BCUT2D eigenvalue weighted by molar-refractivity contribution is -0.123. The van der Waals surface area contributed by atoms with Gasteiger partial charge in [-0.2, -0.15) is 0 Å². The fourth-order valence-electron chi connectivity index (χ4n) is 4.57. The first-order chi connectivity index (χ1) is 15.5. The van der Waals surface area contributed by atoms with Crippen LogP contribution < -0.4 is 10.6 Å². The predicted octanol–water partition coefficient (Wildman–Crippen LogP) is 2.13. The molecule has 1 aromatic heterocycles. The fraction of sp³-hybridized carbons (Fsp3) is 0.826. The van der Waals surface area contributed by atoms with Crippen LogP contribution in [0.3, 0.4) is 0 Å². The Kier molecular flexibility index (Phi) is 12.4. The van der Waals surface area contributed by atoms with Crippen LogP contribution in [0.5, 0.6) is 0 Å². The molecule has 1 aliphatic carbocycles. The number of carbonyl (C=O) groups excluding carboxylic acids is 1. The van der Waals surface area contributed by atoms with Crippen molar-refractivity contribution >= 4 is 35.8 Å². The molecule has 9 nitrogen and oxygen atoms in total. The highest BCUT2D eigenvalue weighted by Crippen LogP contribution is 2.23. The largest absolute Gasteiger partial charge is 0.354 e. The van der Waals surface area contributed by atoms with Crippen molar-refractivity contribution in [2.75, 3.05) is 45.8 Å². The summed E-state index contributed by atoms with van der Waals surface area (Å²) in [5.74, 6) is 2.85. The Morgan fingerprint density at radius 1 is 1.18 bits per heavy atom. The van der Waals surface area contributed by atoms with E-state index in [0.717, 1.165) is 64.0 Å². The maximum Gasteiger partial charge on any atom is 0.234 e. The zero-order chi connectivity index (χ0) is 22.8. The third-order valence-electron chi connectivity index (χ3n) is 6.36. The second kappa shape index (κ2) is 14.7. The SMILES string of the molecule is CCc1nncn1CCNC(=NCC1CCCCC1)N1CCN(CC(=O)NC(C)C)CC1.I. The Bertz CT molecular complexity index is 724. The standard InChI is InChI=1S/C23H42N8O.HI/c1-4-21-28-26-18-31(21)11-10-24-23(25-16-20-8-6-5-7-9-20)30-14-12-29(13-15-30)17-22(32)27-19(2)3;/h18-20H,4-17H2,1-3H3,(H,24,25)(H,27,32);1H. The summed E-state index contributed by atoms with van der Waals surface area (Å²) in [6.45, 7) is 12.6. The summed E-state index contributed by atoms with van der Waals surface area (Å²) in [7, 11) is 0. The van der Waals surface area contributed by atoms with Crippen LogP contribution >= 0.6 is 24.0 Å². The van der Waals surface area contributed by atoms with Gasteiger partial charge in [0.2, 0.25) is 5.91 Å². The summed E-state index contributed by atoms with van der Waals surface area (Å²) >= 11 is 0. The van der Waals surface area contributed by atoms with E-state index in [1.807, 2.05) is 13.8 Å². The minimum atomic E-state index is 0. The van der Waals surface area contributed by atoms with Crippen molar-refractivity contribution in [1.82, 2.24) is 35.2 Å². The molecule has 0 unspecified atom stereocenters. The zero-order valence-electron chi connectivity index (χ0n) is 20.6. The van der Waals surface area contributed by atoms with Gasteiger partial charge in [0, 0.05) is 58.3 Å². The van der Waals surface area contributed by atoms with Gasteiger partial charge >= 0.3 is 0 Å². The van der Waals surface area contributed by atoms with Crippen molar-refractivity contribution in [3.8, 4) is 0 Å². The Labute approximate surface area is 216 Å². The van der Waals surface area contributed by atoms with Gasteiger partial charge < -0.3 is 20.1 Å². The molecule has 1 amide bonds. The average Bonchev–Trinajstić information content (AvgIpc) is 3.24. The molecule has 33 heavy (non-hydrogen) atoms. The van der Waals surface area contributed by atoms with Crippen molar-refractivity contribution in [2.45, 2.75) is 71.9 Å². The van der Waals surface area contributed by atoms with E-state index in [9.17, 15) is 4.79 Å². The Morgan fingerprint density at radius 2 is 1.91 bits per heavy atom. The van der Waals surface area contributed by atoms with E-state index in [1.165, 1.54) is 32.1 Å². The molecule has 0 atom stereocenters. The van der Waals surface area contributed by atoms with E-state index in [-0.39, 0.29) is 35.9 Å². The number of halogens is 1. The lowest BCUT2D eigenvalue weighted by Gasteiger charge is -2.36. The number of aliphatic imine (C=N–C) groups is 1. The van der Waals surface area contributed by atoms with Crippen LogP contribution in [0.15, 0.2) is 11.3 Å². The van der Waals surface area contributed by atoms with E-state index in [0.29, 0.717) is 12.5 Å². The first kappa shape index (κ1) is 27.8. The lowest BCUT2D eigenvalue weighted by atomic mass is 9.89. The topological polar surface area (TPSA) is 90.7 Å². The summed E-state index contributed by atoms with van der Waals surface area (Å²) in [4.78, 5) is 21.7. The summed E-state index contributed by atoms with van der Waals surface area (Å²) in [6.07, 6.45) is 9.35. The van der Waals surface area contributed by atoms with Gasteiger partial charge in [-0.05, 0) is 32.6 Å². The second-order valence-corrected chi connectivity index (χ2v) is 9.37. The molecule has 0 aromatic carbocycles. The molecule has 1 saturated carbocycles. The van der Waals surface area contributed by atoms with E-state index in [4.69, 9.17) is 4.99 Å². The molecule has 3 rings (SSSR count). The molecule has 0 bridgehead atoms. The van der Waals surface area contributed by atoms with E-state index in [2.05, 4.69) is 42.1 Å². The van der Waals surface area contributed by atoms with E-state index < -0.39 is 0 Å². The Hall–Kier alpha value is -1.43. The molecule has 2 heterocycles. The van der Waals surface area contributed by atoms with Gasteiger partial charge in [-0.15, -0.1) is 34.2 Å². The monoisotopic (exact) mass is 574 g/mol. The Balaban J connectivity index is 0.00000385. The van der Waals surface area contributed by atoms with Crippen molar-refractivity contribution < 1.29 is 4.79 Å². The van der Waals surface area contributed by atoms with Crippen LogP contribution in [0.2, 0.25) is 0 Å². The summed E-state index contributed by atoms with van der Waals surface area (Å²) < 4.78 is 2.11. The van der Waals surface area contributed by atoms with Crippen LogP contribution in [-0.2, 0) is 17.8 Å². The van der Waals surface area contributed by atoms with Gasteiger partial charge in [0.1, 0.15) is 12.2 Å². The minimum Gasteiger partial charge on any atom is -0.354 e. The minimum absolute atomic E-state index is 0. The highest BCUT2D eigenvalue weighted by molar-refractivity contribution is 14.0. The third-order valence-corrected chi connectivity index (χ3v) is 6.36. The molecule has 0 radical (unpaired) electrons. The molecule has 2 aliphatic rings. The molecular formula is C23H43IN8O. The number of hydrogen-bond donors (Lipinski definition) is 2. The van der Waals surface area contributed by atoms with Gasteiger partial charge in [-0.3, -0.25) is 14.7 Å². The molecule has 2 fully saturated rings. The molecule has 10 heteroatoms. The highest BCUT2D eigenvalue weighted by Gasteiger charge is 2.22. The van der Waals surface area contributed by atoms with Crippen molar-refractivity contribution in [2.24, 2.45) is 10.9 Å². The Morgan fingerprint density at radius 3 is 2.58 bits per heavy atom. The van der Waals surface area contributed by atoms with Crippen molar-refractivity contribution in [3.63, 3.8) is 0 Å². The second-order valence-electron chi connectivity index (χ2n) is 9.37. The number of piperazine rings is 1. The fourth-order valence-corrected chi connectivity index (χ4v) is 4.57. The van der Waals surface area contributed by atoms with Gasteiger partial charge in [-0.25, -0.2) is 0 Å². The van der Waals surface area contributed by atoms with Gasteiger partial charge in [-0.1, -0.05) is 26.2 Å². The molecule has 0 spiro atoms. The number of nitrogens with zero attached hydrogens (tertiary/aromatic N) is 6. The average molecular weight is 575 g/mol. The lowest BCUT2D eigenvalue weighted by Crippen LogP contribution is -2.54. The number of aromatic nitrogens is 3. The molecule has 1 saturated heterocycles. The molecule has 2 N–H and O–H groups in total. The van der Waals surface area contributed by atoms with Crippen LogP contribution in [0.25, 0.3) is 0 Å².